The molecular formula is C16H24O4Si. The lowest BCUT2D eigenvalue weighted by molar-refractivity contribution is -0.146. The number of hydrogen-bond donors (Lipinski definition) is 0. The highest BCUT2D eigenvalue weighted by Crippen LogP contribution is 2.57. The van der Waals surface area contributed by atoms with E-state index in [0.29, 0.717) is 13.0 Å². The molecule has 0 N–H and O–H groups in total. The van der Waals surface area contributed by atoms with Gasteiger partial charge >= 0.3 is 5.97 Å². The Hall–Kier alpha value is -1.33. The standard InChI is InChI=1S/C16H24O4Si/c1-6-19-15(17)14-11-16(14,20-21(3,4)5)12-7-9-13(18-2)10-8-12/h7-10,14H,6,11H2,1-5H3. The number of hydrogen-bond acceptors (Lipinski definition) is 4. The van der Waals surface area contributed by atoms with Crippen LogP contribution >= 0.6 is 0 Å². The Kier molecular flexibility index (Phi) is 4.44. The van der Waals surface area contributed by atoms with Gasteiger partial charge in [0.2, 0.25) is 0 Å². The average molecular weight is 308 g/mol. The van der Waals surface area contributed by atoms with Crippen LogP contribution in [0.4, 0.5) is 0 Å². The molecule has 0 bridgehead atoms. The number of esters is 1. The van der Waals surface area contributed by atoms with Gasteiger partial charge in [-0.05, 0) is 50.7 Å². The summed E-state index contributed by atoms with van der Waals surface area (Å²) in [5.74, 6) is 0.444. The van der Waals surface area contributed by atoms with Crippen LogP contribution in [0.1, 0.15) is 18.9 Å². The van der Waals surface area contributed by atoms with Gasteiger partial charge in [-0.25, -0.2) is 0 Å². The van der Waals surface area contributed by atoms with Crippen molar-refractivity contribution in [1.29, 1.82) is 0 Å². The third-order valence-electron chi connectivity index (χ3n) is 3.55. The van der Waals surface area contributed by atoms with Crippen molar-refractivity contribution >= 4 is 14.3 Å². The molecular weight excluding hydrogens is 284 g/mol. The minimum Gasteiger partial charge on any atom is -0.497 e. The second kappa shape index (κ2) is 5.81. The molecule has 0 amide bonds. The van der Waals surface area contributed by atoms with E-state index in [-0.39, 0.29) is 11.9 Å². The molecule has 1 fully saturated rings. The summed E-state index contributed by atoms with van der Waals surface area (Å²) >= 11 is 0. The van der Waals surface area contributed by atoms with E-state index < -0.39 is 13.9 Å². The van der Waals surface area contributed by atoms with E-state index in [4.69, 9.17) is 13.9 Å². The number of benzene rings is 1. The Balaban J connectivity index is 2.27. The maximum absolute atomic E-state index is 12.1. The smallest absolute Gasteiger partial charge is 0.312 e. The normalized spacial score (nSPS) is 24.5. The topological polar surface area (TPSA) is 44.8 Å². The molecule has 21 heavy (non-hydrogen) atoms. The summed E-state index contributed by atoms with van der Waals surface area (Å²) in [6.07, 6.45) is 0.697. The molecule has 0 aromatic heterocycles. The van der Waals surface area contributed by atoms with Crippen LogP contribution < -0.4 is 4.74 Å². The first-order chi connectivity index (χ1) is 9.82. The fraction of sp³-hybridized carbons (Fsp3) is 0.562. The second-order valence-corrected chi connectivity index (χ2v) is 10.8. The summed E-state index contributed by atoms with van der Waals surface area (Å²) in [7, 11) is -0.144. The van der Waals surface area contributed by atoms with Gasteiger partial charge in [0, 0.05) is 0 Å². The Labute approximate surface area is 127 Å². The van der Waals surface area contributed by atoms with Crippen LogP contribution in [0.5, 0.6) is 5.75 Å². The molecule has 2 atom stereocenters. The molecule has 2 rings (SSSR count). The average Bonchev–Trinajstić information content (AvgIpc) is 3.12. The fourth-order valence-corrected chi connectivity index (χ4v) is 4.11. The minimum atomic E-state index is -1.78. The first-order valence-electron chi connectivity index (χ1n) is 7.34. The van der Waals surface area contributed by atoms with Crippen LogP contribution in [0.15, 0.2) is 24.3 Å². The molecule has 1 aromatic carbocycles. The van der Waals surface area contributed by atoms with Crippen LogP contribution in [0.25, 0.3) is 0 Å². The summed E-state index contributed by atoms with van der Waals surface area (Å²) in [4.78, 5) is 12.1. The highest BCUT2D eigenvalue weighted by molar-refractivity contribution is 6.69. The van der Waals surface area contributed by atoms with Crippen LogP contribution in [-0.2, 0) is 19.6 Å². The lowest BCUT2D eigenvalue weighted by Gasteiger charge is -2.28. The van der Waals surface area contributed by atoms with E-state index in [1.54, 1.807) is 7.11 Å². The van der Waals surface area contributed by atoms with Gasteiger partial charge in [-0.3, -0.25) is 4.79 Å². The number of carbonyl (C=O) groups is 1. The van der Waals surface area contributed by atoms with Crippen molar-refractivity contribution in [2.24, 2.45) is 5.92 Å². The van der Waals surface area contributed by atoms with Crippen LogP contribution in [0.3, 0.4) is 0 Å². The molecule has 1 aromatic rings. The molecule has 2 unspecified atom stereocenters. The van der Waals surface area contributed by atoms with Crippen LogP contribution in [-0.4, -0.2) is 28.0 Å². The van der Waals surface area contributed by atoms with Crippen LogP contribution in [0, 0.1) is 5.92 Å². The van der Waals surface area contributed by atoms with Crippen LogP contribution in [0.2, 0.25) is 19.6 Å². The number of carbonyl (C=O) groups excluding carboxylic acids is 1. The van der Waals surface area contributed by atoms with Gasteiger partial charge < -0.3 is 13.9 Å². The Morgan fingerprint density at radius 3 is 2.38 bits per heavy atom. The third-order valence-corrected chi connectivity index (χ3v) is 4.52. The van der Waals surface area contributed by atoms with Gasteiger partial charge in [0.05, 0.1) is 25.2 Å². The van der Waals surface area contributed by atoms with Gasteiger partial charge in [0.1, 0.15) is 5.75 Å². The molecule has 0 aliphatic heterocycles. The van der Waals surface area contributed by atoms with Gasteiger partial charge in [-0.2, -0.15) is 0 Å². The first kappa shape index (κ1) is 16.0. The predicted octanol–water partition coefficient (Wildman–Crippen LogP) is 3.33. The van der Waals surface area contributed by atoms with Crippen molar-refractivity contribution in [3.8, 4) is 5.75 Å². The summed E-state index contributed by atoms with van der Waals surface area (Å²) < 4.78 is 16.7. The van der Waals surface area contributed by atoms with E-state index in [2.05, 4.69) is 19.6 Å². The monoisotopic (exact) mass is 308 g/mol. The van der Waals surface area contributed by atoms with Gasteiger partial charge in [0.15, 0.2) is 8.32 Å². The highest BCUT2D eigenvalue weighted by atomic mass is 28.4. The maximum Gasteiger partial charge on any atom is 0.312 e. The van der Waals surface area contributed by atoms with Crippen molar-refractivity contribution in [3.63, 3.8) is 0 Å². The lowest BCUT2D eigenvalue weighted by atomic mass is 10.1. The van der Waals surface area contributed by atoms with Crippen molar-refractivity contribution < 1.29 is 18.7 Å². The molecule has 1 aliphatic rings. The number of ether oxygens (including phenoxy) is 2. The molecule has 0 spiro atoms. The zero-order valence-corrected chi connectivity index (χ0v) is 14.4. The minimum absolute atomic E-state index is 0.161. The maximum atomic E-state index is 12.1. The molecule has 116 valence electrons. The van der Waals surface area contributed by atoms with E-state index in [1.165, 1.54) is 0 Å². The molecule has 5 heteroatoms. The van der Waals surface area contributed by atoms with E-state index in [1.807, 2.05) is 31.2 Å². The molecule has 0 saturated heterocycles. The number of rotatable bonds is 6. The Morgan fingerprint density at radius 1 is 1.29 bits per heavy atom. The quantitative estimate of drug-likeness (QED) is 0.597. The first-order valence-corrected chi connectivity index (χ1v) is 10.7. The molecule has 1 aliphatic carbocycles. The van der Waals surface area contributed by atoms with E-state index >= 15 is 0 Å². The second-order valence-electron chi connectivity index (χ2n) is 6.34. The molecule has 4 nitrogen and oxygen atoms in total. The highest BCUT2D eigenvalue weighted by Gasteiger charge is 2.62. The van der Waals surface area contributed by atoms with Crippen molar-refractivity contribution in [3.05, 3.63) is 29.8 Å². The van der Waals surface area contributed by atoms with E-state index in [9.17, 15) is 4.79 Å². The summed E-state index contributed by atoms with van der Waals surface area (Å²) in [6.45, 7) is 8.64. The van der Waals surface area contributed by atoms with Gasteiger partial charge in [0.25, 0.3) is 0 Å². The Morgan fingerprint density at radius 2 is 1.90 bits per heavy atom. The SMILES string of the molecule is CCOC(=O)C1CC1(O[Si](C)(C)C)c1ccc(OC)cc1. The summed E-state index contributed by atoms with van der Waals surface area (Å²) in [5.41, 5.74) is 0.520. The predicted molar refractivity (Wildman–Crippen MR) is 83.8 cm³/mol. The van der Waals surface area contributed by atoms with Crippen molar-refractivity contribution in [1.82, 2.24) is 0 Å². The largest absolute Gasteiger partial charge is 0.497 e. The fourth-order valence-electron chi connectivity index (χ4n) is 2.67. The molecule has 1 saturated carbocycles. The zero-order chi connectivity index (χ0) is 15.7. The summed E-state index contributed by atoms with van der Waals surface area (Å²) in [6, 6.07) is 7.78. The summed E-state index contributed by atoms with van der Waals surface area (Å²) in [5, 5.41) is 0. The molecule has 0 radical (unpaired) electrons. The molecule has 0 heterocycles. The third kappa shape index (κ3) is 3.47. The lowest BCUT2D eigenvalue weighted by Crippen LogP contribution is -2.34. The van der Waals surface area contributed by atoms with Crippen molar-refractivity contribution in [2.75, 3.05) is 13.7 Å². The van der Waals surface area contributed by atoms with Gasteiger partial charge in [-0.15, -0.1) is 0 Å². The van der Waals surface area contributed by atoms with Gasteiger partial charge in [-0.1, -0.05) is 12.1 Å². The number of methoxy groups -OCH3 is 1. The van der Waals surface area contributed by atoms with Crippen molar-refractivity contribution in [2.45, 2.75) is 38.6 Å². The Bertz CT molecular complexity index is 506. The van der Waals surface area contributed by atoms with E-state index in [0.717, 1.165) is 11.3 Å². The zero-order valence-electron chi connectivity index (χ0n) is 13.4.